The van der Waals surface area contributed by atoms with E-state index >= 15 is 0 Å². The molecule has 3 rings (SSSR count). The van der Waals surface area contributed by atoms with Crippen LogP contribution in [0.2, 0.25) is 0 Å². The lowest BCUT2D eigenvalue weighted by molar-refractivity contribution is -0.134. The molecule has 0 radical (unpaired) electrons. The molecule has 7 heteroatoms. The minimum Gasteiger partial charge on any atom is -0.345 e. The molecule has 2 fully saturated rings. The van der Waals surface area contributed by atoms with E-state index < -0.39 is 0 Å². The van der Waals surface area contributed by atoms with Crippen LogP contribution in [0.5, 0.6) is 0 Å². The summed E-state index contributed by atoms with van der Waals surface area (Å²) in [5, 5.41) is 0.979. The van der Waals surface area contributed by atoms with Crippen molar-refractivity contribution in [1.82, 2.24) is 14.3 Å². The summed E-state index contributed by atoms with van der Waals surface area (Å²) in [7, 11) is 0. The summed E-state index contributed by atoms with van der Waals surface area (Å²) in [6.45, 7) is 5.97. The van der Waals surface area contributed by atoms with Gasteiger partial charge in [0.2, 0.25) is 11.0 Å². The van der Waals surface area contributed by atoms with Gasteiger partial charge in [-0.3, -0.25) is 4.79 Å². The highest BCUT2D eigenvalue weighted by Gasteiger charge is 2.34. The fourth-order valence-corrected chi connectivity index (χ4v) is 4.69. The van der Waals surface area contributed by atoms with Crippen LogP contribution in [0.1, 0.15) is 50.8 Å². The number of amides is 1. The highest BCUT2D eigenvalue weighted by Crippen LogP contribution is 2.38. The summed E-state index contributed by atoms with van der Waals surface area (Å²) >= 11 is 1.45. The van der Waals surface area contributed by atoms with Crippen molar-refractivity contribution in [3.05, 3.63) is 5.82 Å². The fraction of sp³-hybridized carbons (Fsp3) is 0.824. The van der Waals surface area contributed by atoms with Crippen LogP contribution in [-0.4, -0.2) is 52.9 Å². The van der Waals surface area contributed by atoms with E-state index in [1.807, 2.05) is 11.8 Å². The zero-order chi connectivity index (χ0) is 17.0. The zero-order valence-corrected chi connectivity index (χ0v) is 15.5. The second-order valence-electron chi connectivity index (χ2n) is 7.29. The highest BCUT2D eigenvalue weighted by atomic mass is 32.1. The Labute approximate surface area is 148 Å². The number of anilines is 1. The number of rotatable bonds is 4. The molecule has 0 aromatic carbocycles. The molecule has 0 unspecified atom stereocenters. The summed E-state index contributed by atoms with van der Waals surface area (Å²) in [4.78, 5) is 21.6. The van der Waals surface area contributed by atoms with Crippen molar-refractivity contribution >= 4 is 22.6 Å². The van der Waals surface area contributed by atoms with Gasteiger partial charge in [-0.05, 0) is 38.1 Å². The van der Waals surface area contributed by atoms with Crippen LogP contribution in [0.3, 0.4) is 0 Å². The lowest BCUT2D eigenvalue weighted by Crippen LogP contribution is -2.42. The van der Waals surface area contributed by atoms with Gasteiger partial charge in [0.05, 0.1) is 0 Å². The highest BCUT2D eigenvalue weighted by molar-refractivity contribution is 7.09. The Balaban J connectivity index is 1.58. The number of carbonyl (C=O) groups excluding carboxylic acids is 1. The van der Waals surface area contributed by atoms with E-state index in [1.165, 1.54) is 30.8 Å². The predicted octanol–water partition coefficient (Wildman–Crippen LogP) is 2.18. The van der Waals surface area contributed by atoms with Crippen molar-refractivity contribution in [2.75, 3.05) is 37.6 Å². The molecule has 1 aromatic rings. The largest absolute Gasteiger partial charge is 0.345 e. The summed E-state index contributed by atoms with van der Waals surface area (Å²) in [5.74, 6) is 1.12. The fourth-order valence-electron chi connectivity index (χ4n) is 3.96. The molecule has 134 valence electrons. The van der Waals surface area contributed by atoms with E-state index in [1.54, 1.807) is 0 Å². The van der Waals surface area contributed by atoms with E-state index in [4.69, 9.17) is 5.73 Å². The molecule has 1 aliphatic heterocycles. The molecular weight excluding hydrogens is 322 g/mol. The quantitative estimate of drug-likeness (QED) is 0.900. The number of hydrogen-bond acceptors (Lipinski definition) is 6. The van der Waals surface area contributed by atoms with Crippen LogP contribution in [-0.2, 0) is 4.79 Å². The van der Waals surface area contributed by atoms with Crippen molar-refractivity contribution in [2.45, 2.75) is 51.9 Å². The van der Waals surface area contributed by atoms with E-state index in [0.29, 0.717) is 13.0 Å². The van der Waals surface area contributed by atoms with Gasteiger partial charge in [0.1, 0.15) is 5.82 Å². The van der Waals surface area contributed by atoms with Gasteiger partial charge in [-0.15, -0.1) is 0 Å². The number of nitrogens with zero attached hydrogens (tertiary/aromatic N) is 4. The molecule has 24 heavy (non-hydrogen) atoms. The zero-order valence-electron chi connectivity index (χ0n) is 14.7. The van der Waals surface area contributed by atoms with Gasteiger partial charge in [0.25, 0.3) is 0 Å². The van der Waals surface area contributed by atoms with Gasteiger partial charge in [0, 0.05) is 44.1 Å². The van der Waals surface area contributed by atoms with E-state index in [0.717, 1.165) is 56.4 Å². The normalized spacial score (nSPS) is 21.6. The topological polar surface area (TPSA) is 75.4 Å². The third-order valence-electron chi connectivity index (χ3n) is 5.51. The average molecular weight is 352 g/mol. The van der Waals surface area contributed by atoms with Crippen molar-refractivity contribution in [1.29, 1.82) is 0 Å². The van der Waals surface area contributed by atoms with Crippen molar-refractivity contribution in [3.8, 4) is 0 Å². The minimum absolute atomic E-state index is 0.0532. The maximum Gasteiger partial charge on any atom is 0.223 e. The first-order valence-corrected chi connectivity index (χ1v) is 9.92. The van der Waals surface area contributed by atoms with Gasteiger partial charge >= 0.3 is 0 Å². The van der Waals surface area contributed by atoms with Crippen LogP contribution in [0, 0.1) is 12.3 Å². The molecule has 6 nitrogen and oxygen atoms in total. The van der Waals surface area contributed by atoms with Crippen molar-refractivity contribution < 1.29 is 4.79 Å². The standard InChI is InChI=1S/C17H29N5OS/c1-14-19-16(24-20-14)22-9-5-8-21(10-11-22)15(23)12-17(13-18)6-3-2-4-7-17/h2-13,18H2,1H3. The monoisotopic (exact) mass is 351 g/mol. The third kappa shape index (κ3) is 4.06. The molecule has 1 aromatic heterocycles. The lowest BCUT2D eigenvalue weighted by atomic mass is 9.71. The molecule has 1 amide bonds. The van der Waals surface area contributed by atoms with Crippen LogP contribution >= 0.6 is 11.5 Å². The summed E-state index contributed by atoms with van der Waals surface area (Å²) in [6, 6.07) is 0. The van der Waals surface area contributed by atoms with Gasteiger partial charge in [-0.2, -0.15) is 4.37 Å². The number of nitrogens with two attached hydrogens (primary N) is 1. The molecule has 1 saturated heterocycles. The second kappa shape index (κ2) is 7.78. The molecular formula is C17H29N5OS. The van der Waals surface area contributed by atoms with E-state index in [2.05, 4.69) is 14.3 Å². The molecule has 1 aliphatic carbocycles. The second-order valence-corrected chi connectivity index (χ2v) is 8.02. The molecule has 0 atom stereocenters. The number of aryl methyl sites for hydroxylation is 1. The predicted molar refractivity (Wildman–Crippen MR) is 97.2 cm³/mol. The average Bonchev–Trinajstić information content (AvgIpc) is 2.88. The first-order valence-electron chi connectivity index (χ1n) is 9.15. The first kappa shape index (κ1) is 17.6. The first-order chi connectivity index (χ1) is 11.6. The Bertz CT molecular complexity index is 555. The number of hydrogen-bond donors (Lipinski definition) is 1. The Morgan fingerprint density at radius 2 is 1.96 bits per heavy atom. The number of carbonyl (C=O) groups is 1. The summed E-state index contributed by atoms with van der Waals surface area (Å²) in [6.07, 6.45) is 7.55. The van der Waals surface area contributed by atoms with E-state index in [9.17, 15) is 4.79 Å². The van der Waals surface area contributed by atoms with Crippen LogP contribution in [0.25, 0.3) is 0 Å². The van der Waals surface area contributed by atoms with Gasteiger partial charge < -0.3 is 15.5 Å². The smallest absolute Gasteiger partial charge is 0.223 e. The summed E-state index contributed by atoms with van der Waals surface area (Å²) in [5.41, 5.74) is 6.11. The molecule has 2 aliphatic rings. The Morgan fingerprint density at radius 3 is 2.62 bits per heavy atom. The maximum absolute atomic E-state index is 12.9. The molecule has 2 heterocycles. The Hall–Kier alpha value is -1.21. The minimum atomic E-state index is 0.0532. The third-order valence-corrected chi connectivity index (χ3v) is 6.38. The molecule has 1 saturated carbocycles. The van der Waals surface area contributed by atoms with Gasteiger partial charge in [-0.25, -0.2) is 4.98 Å². The molecule has 0 spiro atoms. The Morgan fingerprint density at radius 1 is 1.17 bits per heavy atom. The van der Waals surface area contributed by atoms with E-state index in [-0.39, 0.29) is 11.3 Å². The van der Waals surface area contributed by atoms with Crippen molar-refractivity contribution in [3.63, 3.8) is 0 Å². The van der Waals surface area contributed by atoms with Gasteiger partial charge in [0.15, 0.2) is 0 Å². The van der Waals surface area contributed by atoms with Crippen LogP contribution in [0.15, 0.2) is 0 Å². The van der Waals surface area contributed by atoms with Crippen LogP contribution < -0.4 is 10.6 Å². The van der Waals surface area contributed by atoms with Crippen LogP contribution in [0.4, 0.5) is 5.13 Å². The number of aromatic nitrogens is 2. The maximum atomic E-state index is 12.9. The molecule has 0 bridgehead atoms. The Kier molecular flexibility index (Phi) is 5.71. The lowest BCUT2D eigenvalue weighted by Gasteiger charge is -2.37. The summed E-state index contributed by atoms with van der Waals surface area (Å²) < 4.78 is 4.27. The SMILES string of the molecule is Cc1nsc(N2CCCN(C(=O)CC3(CN)CCCCC3)CC2)n1. The van der Waals surface area contributed by atoms with Gasteiger partial charge in [-0.1, -0.05) is 19.3 Å². The van der Waals surface area contributed by atoms with Crippen molar-refractivity contribution in [2.24, 2.45) is 11.1 Å². The molecule has 2 N–H and O–H groups in total.